The van der Waals surface area contributed by atoms with Crippen LogP contribution in [-0.2, 0) is 4.79 Å². The molecule has 0 aliphatic rings. The minimum atomic E-state index is -0.0290. The second-order valence-electron chi connectivity index (χ2n) is 4.04. The molecule has 1 heterocycles. The van der Waals surface area contributed by atoms with Crippen LogP contribution in [0.15, 0.2) is 29.4 Å². The Balaban J connectivity index is 2.01. The van der Waals surface area contributed by atoms with E-state index in [0.29, 0.717) is 11.7 Å². The minimum absolute atomic E-state index is 0.0290. The smallest absolute Gasteiger partial charge is 0.216 e. The van der Waals surface area contributed by atoms with Crippen molar-refractivity contribution >= 4 is 17.7 Å². The van der Waals surface area contributed by atoms with Gasteiger partial charge in [-0.25, -0.2) is 0 Å². The van der Waals surface area contributed by atoms with Gasteiger partial charge < -0.3 is 5.32 Å². The molecule has 19 heavy (non-hydrogen) atoms. The van der Waals surface area contributed by atoms with Gasteiger partial charge in [-0.15, -0.1) is 5.10 Å². The highest BCUT2D eigenvalue weighted by atomic mass is 32.2. The van der Waals surface area contributed by atoms with Gasteiger partial charge in [-0.1, -0.05) is 29.5 Å². The van der Waals surface area contributed by atoms with Crippen molar-refractivity contribution in [2.75, 3.05) is 12.3 Å². The topological polar surface area (TPSA) is 72.7 Å². The maximum absolute atomic E-state index is 10.8. The molecule has 0 aliphatic heterocycles. The fraction of sp³-hybridized carbons (Fsp3) is 0.333. The quantitative estimate of drug-likeness (QED) is 0.656. The Morgan fingerprint density at radius 2 is 2.11 bits per heavy atom. The fourth-order valence-corrected chi connectivity index (χ4v) is 2.23. The summed E-state index contributed by atoms with van der Waals surface area (Å²) in [6.07, 6.45) is 0. The summed E-state index contributed by atoms with van der Waals surface area (Å²) in [5.74, 6) is 0.699. The highest BCUT2D eigenvalue weighted by Gasteiger charge is 2.08. The van der Waals surface area contributed by atoms with Gasteiger partial charge in [0.05, 0.1) is 5.69 Å². The van der Waals surface area contributed by atoms with Gasteiger partial charge in [0.15, 0.2) is 0 Å². The van der Waals surface area contributed by atoms with E-state index in [1.165, 1.54) is 24.2 Å². The molecule has 1 amide bonds. The van der Waals surface area contributed by atoms with Crippen LogP contribution in [-0.4, -0.2) is 38.4 Å². The van der Waals surface area contributed by atoms with Crippen LogP contribution in [0.1, 0.15) is 12.5 Å². The van der Waals surface area contributed by atoms with Crippen molar-refractivity contribution in [3.8, 4) is 5.69 Å². The van der Waals surface area contributed by atoms with E-state index < -0.39 is 0 Å². The molecule has 7 heteroatoms. The number of rotatable bonds is 5. The maximum Gasteiger partial charge on any atom is 0.216 e. The van der Waals surface area contributed by atoms with Crippen LogP contribution in [0.4, 0.5) is 0 Å². The number of aryl methyl sites for hydroxylation is 1. The van der Waals surface area contributed by atoms with Crippen molar-refractivity contribution in [3.05, 3.63) is 29.8 Å². The molecular weight excluding hydrogens is 262 g/mol. The molecular formula is C12H15N5OS. The number of aromatic nitrogens is 4. The zero-order valence-electron chi connectivity index (χ0n) is 10.8. The van der Waals surface area contributed by atoms with Crippen LogP contribution in [0.5, 0.6) is 0 Å². The summed E-state index contributed by atoms with van der Waals surface area (Å²) in [5, 5.41) is 15.1. The summed E-state index contributed by atoms with van der Waals surface area (Å²) in [6.45, 7) is 4.13. The number of carbonyl (C=O) groups excluding carboxylic acids is 1. The van der Waals surface area contributed by atoms with Crippen molar-refractivity contribution < 1.29 is 4.79 Å². The van der Waals surface area contributed by atoms with Crippen LogP contribution in [0.25, 0.3) is 5.69 Å². The zero-order chi connectivity index (χ0) is 13.7. The molecule has 0 fully saturated rings. The number of hydrogen-bond acceptors (Lipinski definition) is 5. The highest BCUT2D eigenvalue weighted by Crippen LogP contribution is 2.17. The number of benzene rings is 1. The van der Waals surface area contributed by atoms with E-state index in [9.17, 15) is 4.79 Å². The number of amides is 1. The van der Waals surface area contributed by atoms with E-state index in [0.717, 1.165) is 11.4 Å². The van der Waals surface area contributed by atoms with E-state index in [1.54, 1.807) is 4.68 Å². The monoisotopic (exact) mass is 277 g/mol. The molecule has 2 aromatic rings. The van der Waals surface area contributed by atoms with Crippen LogP contribution in [0, 0.1) is 6.92 Å². The van der Waals surface area contributed by atoms with E-state index >= 15 is 0 Å². The Kier molecular flexibility index (Phi) is 4.51. The minimum Gasteiger partial charge on any atom is -0.356 e. The number of carbonyl (C=O) groups is 1. The number of thioether (sulfide) groups is 1. The molecule has 6 nitrogen and oxygen atoms in total. The van der Waals surface area contributed by atoms with Gasteiger partial charge in [-0.2, -0.15) is 4.68 Å². The third-order valence-electron chi connectivity index (χ3n) is 2.43. The molecule has 0 saturated heterocycles. The van der Waals surface area contributed by atoms with Gasteiger partial charge >= 0.3 is 0 Å². The van der Waals surface area contributed by atoms with E-state index in [2.05, 4.69) is 20.8 Å². The summed E-state index contributed by atoms with van der Waals surface area (Å²) < 4.78 is 1.69. The predicted molar refractivity (Wildman–Crippen MR) is 73.3 cm³/mol. The van der Waals surface area contributed by atoms with Crippen molar-refractivity contribution in [2.45, 2.75) is 19.0 Å². The molecule has 2 rings (SSSR count). The van der Waals surface area contributed by atoms with Gasteiger partial charge in [-0.05, 0) is 29.5 Å². The average Bonchev–Trinajstić information content (AvgIpc) is 2.84. The molecule has 0 atom stereocenters. The summed E-state index contributed by atoms with van der Waals surface area (Å²) in [4.78, 5) is 10.8. The summed E-state index contributed by atoms with van der Waals surface area (Å²) in [6, 6.07) is 7.98. The lowest BCUT2D eigenvalue weighted by atomic mass is 10.2. The van der Waals surface area contributed by atoms with Gasteiger partial charge in [0, 0.05) is 19.2 Å². The Bertz CT molecular complexity index is 552. The lowest BCUT2D eigenvalue weighted by Crippen LogP contribution is -2.22. The molecule has 0 bridgehead atoms. The summed E-state index contributed by atoms with van der Waals surface area (Å²) >= 11 is 1.51. The Morgan fingerprint density at radius 3 is 2.79 bits per heavy atom. The molecule has 1 aromatic heterocycles. The maximum atomic E-state index is 10.8. The molecule has 1 aromatic carbocycles. The second-order valence-corrected chi connectivity index (χ2v) is 5.10. The van der Waals surface area contributed by atoms with E-state index in [1.807, 2.05) is 31.2 Å². The first kappa shape index (κ1) is 13.5. The zero-order valence-corrected chi connectivity index (χ0v) is 11.6. The standard InChI is InChI=1S/C12H15N5OS/c1-9-3-5-11(6-4-9)17-12(14-15-16-17)19-8-7-13-10(2)18/h3-6H,7-8H2,1-2H3,(H,13,18). The van der Waals surface area contributed by atoms with Crippen LogP contribution in [0.2, 0.25) is 0 Å². The van der Waals surface area contributed by atoms with Crippen LogP contribution in [0.3, 0.4) is 0 Å². The average molecular weight is 277 g/mol. The Hall–Kier alpha value is -1.89. The third-order valence-corrected chi connectivity index (χ3v) is 3.35. The number of hydrogen-bond donors (Lipinski definition) is 1. The Labute approximate surface area is 115 Å². The SMILES string of the molecule is CC(=O)NCCSc1nnnn1-c1ccc(C)cc1. The fourth-order valence-electron chi connectivity index (χ4n) is 1.49. The first-order valence-corrected chi connectivity index (χ1v) is 6.88. The largest absolute Gasteiger partial charge is 0.356 e. The normalized spacial score (nSPS) is 10.4. The number of nitrogens with zero attached hydrogens (tertiary/aromatic N) is 4. The molecule has 1 N–H and O–H groups in total. The molecule has 0 radical (unpaired) electrons. The molecule has 0 unspecified atom stereocenters. The molecule has 0 saturated carbocycles. The van der Waals surface area contributed by atoms with Gasteiger partial charge in [0.25, 0.3) is 0 Å². The predicted octanol–water partition coefficient (Wildman–Crippen LogP) is 1.20. The lowest BCUT2D eigenvalue weighted by molar-refractivity contribution is -0.118. The van der Waals surface area contributed by atoms with E-state index in [4.69, 9.17) is 0 Å². The summed E-state index contributed by atoms with van der Waals surface area (Å²) in [5.41, 5.74) is 2.12. The molecule has 0 aliphatic carbocycles. The van der Waals surface area contributed by atoms with Crippen molar-refractivity contribution in [1.29, 1.82) is 0 Å². The lowest BCUT2D eigenvalue weighted by Gasteiger charge is -2.04. The third kappa shape index (κ3) is 3.78. The number of tetrazole rings is 1. The van der Waals surface area contributed by atoms with Gasteiger partial charge in [0.1, 0.15) is 0 Å². The van der Waals surface area contributed by atoms with Crippen molar-refractivity contribution in [1.82, 2.24) is 25.5 Å². The Morgan fingerprint density at radius 1 is 1.37 bits per heavy atom. The first-order valence-electron chi connectivity index (χ1n) is 5.89. The van der Waals surface area contributed by atoms with Gasteiger partial charge in [0.2, 0.25) is 11.1 Å². The highest BCUT2D eigenvalue weighted by molar-refractivity contribution is 7.99. The second kappa shape index (κ2) is 6.33. The first-order chi connectivity index (χ1) is 9.16. The number of nitrogens with one attached hydrogen (secondary N) is 1. The van der Waals surface area contributed by atoms with Crippen molar-refractivity contribution in [2.24, 2.45) is 0 Å². The van der Waals surface area contributed by atoms with Gasteiger partial charge in [-0.3, -0.25) is 4.79 Å². The van der Waals surface area contributed by atoms with E-state index in [-0.39, 0.29) is 5.91 Å². The molecule has 0 spiro atoms. The van der Waals surface area contributed by atoms with Crippen LogP contribution >= 0.6 is 11.8 Å². The molecule has 100 valence electrons. The van der Waals surface area contributed by atoms with Crippen LogP contribution < -0.4 is 5.32 Å². The summed E-state index contributed by atoms with van der Waals surface area (Å²) in [7, 11) is 0. The van der Waals surface area contributed by atoms with Crippen molar-refractivity contribution in [3.63, 3.8) is 0 Å².